The Hall–Kier alpha value is -2.57. The molecule has 0 saturated heterocycles. The predicted octanol–water partition coefficient (Wildman–Crippen LogP) is 5.72. The number of fused-ring (bicyclic) bond motifs is 1. The number of nitrogens with one attached hydrogen (secondary N) is 1. The highest BCUT2D eigenvalue weighted by Crippen LogP contribution is 2.33. The van der Waals surface area contributed by atoms with E-state index in [0.717, 1.165) is 16.0 Å². The van der Waals surface area contributed by atoms with Crippen LogP contribution in [-0.2, 0) is 0 Å². The van der Waals surface area contributed by atoms with Crippen molar-refractivity contribution in [3.8, 4) is 10.4 Å². The molecule has 2 aromatic carbocycles. The maximum Gasteiger partial charge on any atom is 0.267 e. The number of halogens is 1. The number of thiazole rings is 1. The summed E-state index contributed by atoms with van der Waals surface area (Å²) < 4.78 is 14.0. The summed E-state index contributed by atoms with van der Waals surface area (Å²) in [5.41, 5.74) is 2.83. The minimum Gasteiger partial charge on any atom is -0.297 e. The Morgan fingerprint density at radius 3 is 2.68 bits per heavy atom. The summed E-state index contributed by atoms with van der Waals surface area (Å²) >= 11 is 2.72. The van der Waals surface area contributed by atoms with E-state index in [1.165, 1.54) is 34.8 Å². The van der Waals surface area contributed by atoms with Crippen LogP contribution < -0.4 is 5.32 Å². The monoisotopic (exact) mass is 368 g/mol. The van der Waals surface area contributed by atoms with E-state index >= 15 is 0 Å². The average Bonchev–Trinajstić information content (AvgIpc) is 3.18. The van der Waals surface area contributed by atoms with Crippen LogP contribution in [0.25, 0.3) is 20.7 Å². The third-order valence-electron chi connectivity index (χ3n) is 3.75. The van der Waals surface area contributed by atoms with Crippen LogP contribution >= 0.6 is 22.7 Å². The summed E-state index contributed by atoms with van der Waals surface area (Å²) in [6.45, 7) is 2.00. The number of thiophene rings is 1. The molecule has 0 aliphatic heterocycles. The summed E-state index contributed by atoms with van der Waals surface area (Å²) in [5.74, 6) is -0.509. The van der Waals surface area contributed by atoms with Crippen molar-refractivity contribution in [2.24, 2.45) is 0 Å². The van der Waals surface area contributed by atoms with E-state index in [2.05, 4.69) is 10.3 Å². The number of carbonyl (C=O) groups excluding carboxylic acids is 1. The van der Waals surface area contributed by atoms with Crippen LogP contribution in [-0.4, -0.2) is 10.9 Å². The third-order valence-corrected chi connectivity index (χ3v) is 5.97. The van der Waals surface area contributed by atoms with Crippen LogP contribution in [0.2, 0.25) is 0 Å². The highest BCUT2D eigenvalue weighted by atomic mass is 32.1. The minimum absolute atomic E-state index is 0.199. The Morgan fingerprint density at radius 2 is 1.88 bits per heavy atom. The van der Waals surface area contributed by atoms with E-state index in [4.69, 9.17) is 0 Å². The number of aromatic nitrogens is 1. The van der Waals surface area contributed by atoms with Gasteiger partial charge < -0.3 is 0 Å². The van der Waals surface area contributed by atoms with Crippen LogP contribution in [0.5, 0.6) is 0 Å². The highest BCUT2D eigenvalue weighted by Gasteiger charge is 2.15. The first kappa shape index (κ1) is 15.9. The standard InChI is InChI=1S/C19H13FN2OS2/c1-11-9-16(24-17(11)12-5-3-2-4-6-12)18(23)22-19-21-14-8-7-13(20)10-15(14)25-19/h2-10H,1H3,(H,21,22,23). The fourth-order valence-corrected chi connectivity index (χ4v) is 4.54. The average molecular weight is 368 g/mol. The smallest absolute Gasteiger partial charge is 0.267 e. The Balaban J connectivity index is 1.60. The Bertz CT molecular complexity index is 1070. The number of hydrogen-bond donors (Lipinski definition) is 1. The van der Waals surface area contributed by atoms with Gasteiger partial charge in [-0.15, -0.1) is 11.3 Å². The maximum absolute atomic E-state index is 13.3. The number of nitrogens with zero attached hydrogens (tertiary/aromatic N) is 1. The van der Waals surface area contributed by atoms with Crippen molar-refractivity contribution in [3.63, 3.8) is 0 Å². The summed E-state index contributed by atoms with van der Waals surface area (Å²) in [6, 6.07) is 16.3. The fourth-order valence-electron chi connectivity index (χ4n) is 2.58. The first-order valence-electron chi connectivity index (χ1n) is 7.63. The van der Waals surface area contributed by atoms with Crippen LogP contribution in [0.4, 0.5) is 9.52 Å². The van der Waals surface area contributed by atoms with Gasteiger partial charge in [-0.25, -0.2) is 9.37 Å². The van der Waals surface area contributed by atoms with Gasteiger partial charge in [-0.05, 0) is 42.3 Å². The van der Waals surface area contributed by atoms with E-state index in [9.17, 15) is 9.18 Å². The molecule has 1 N–H and O–H groups in total. The molecule has 0 aliphatic carbocycles. The van der Waals surface area contributed by atoms with Crippen molar-refractivity contribution in [2.45, 2.75) is 6.92 Å². The van der Waals surface area contributed by atoms with Crippen molar-refractivity contribution in [1.29, 1.82) is 0 Å². The summed E-state index contributed by atoms with van der Waals surface area (Å²) in [5, 5.41) is 3.29. The summed E-state index contributed by atoms with van der Waals surface area (Å²) in [4.78, 5) is 18.6. The normalized spacial score (nSPS) is 11.0. The molecule has 2 aromatic heterocycles. The predicted molar refractivity (Wildman–Crippen MR) is 102 cm³/mol. The molecule has 0 aliphatic rings. The second kappa shape index (κ2) is 6.38. The maximum atomic E-state index is 13.3. The molecule has 1 amide bonds. The molecule has 0 fully saturated rings. The van der Waals surface area contributed by atoms with Gasteiger partial charge in [-0.2, -0.15) is 0 Å². The number of carbonyl (C=O) groups is 1. The molecular weight excluding hydrogens is 355 g/mol. The molecule has 0 atom stereocenters. The number of hydrogen-bond acceptors (Lipinski definition) is 4. The van der Waals surface area contributed by atoms with Gasteiger partial charge in [0, 0.05) is 4.88 Å². The van der Waals surface area contributed by atoms with Gasteiger partial charge in [0.1, 0.15) is 5.82 Å². The Kier molecular flexibility index (Phi) is 4.07. The van der Waals surface area contributed by atoms with E-state index in [0.29, 0.717) is 20.2 Å². The molecule has 124 valence electrons. The molecule has 6 heteroatoms. The number of aryl methyl sites for hydroxylation is 1. The van der Waals surface area contributed by atoms with Gasteiger partial charge in [0.15, 0.2) is 5.13 Å². The molecule has 0 unspecified atom stereocenters. The van der Waals surface area contributed by atoms with Crippen molar-refractivity contribution in [1.82, 2.24) is 4.98 Å². The largest absolute Gasteiger partial charge is 0.297 e. The van der Waals surface area contributed by atoms with Crippen molar-refractivity contribution in [2.75, 3.05) is 5.32 Å². The lowest BCUT2D eigenvalue weighted by atomic mass is 10.1. The molecule has 0 radical (unpaired) electrons. The summed E-state index contributed by atoms with van der Waals surface area (Å²) in [6.07, 6.45) is 0. The Morgan fingerprint density at radius 1 is 1.08 bits per heavy atom. The molecule has 25 heavy (non-hydrogen) atoms. The number of amides is 1. The van der Waals surface area contributed by atoms with E-state index < -0.39 is 0 Å². The van der Waals surface area contributed by atoms with E-state index in [-0.39, 0.29) is 11.7 Å². The number of rotatable bonds is 3. The van der Waals surface area contributed by atoms with Crippen LogP contribution in [0.1, 0.15) is 15.2 Å². The quantitative estimate of drug-likeness (QED) is 0.502. The Labute approximate surface area is 151 Å². The van der Waals surface area contributed by atoms with E-state index in [1.54, 1.807) is 6.07 Å². The van der Waals surface area contributed by atoms with Crippen LogP contribution in [0.3, 0.4) is 0 Å². The number of anilines is 1. The van der Waals surface area contributed by atoms with Gasteiger partial charge in [0.25, 0.3) is 5.91 Å². The van der Waals surface area contributed by atoms with Crippen LogP contribution in [0.15, 0.2) is 54.6 Å². The third kappa shape index (κ3) is 3.18. The fraction of sp³-hybridized carbons (Fsp3) is 0.0526. The van der Waals surface area contributed by atoms with Gasteiger partial charge in [0.2, 0.25) is 0 Å². The second-order valence-electron chi connectivity index (χ2n) is 5.57. The lowest BCUT2D eigenvalue weighted by Crippen LogP contribution is -2.09. The lowest BCUT2D eigenvalue weighted by Gasteiger charge is -1.98. The highest BCUT2D eigenvalue weighted by molar-refractivity contribution is 7.22. The van der Waals surface area contributed by atoms with Crippen molar-refractivity contribution in [3.05, 3.63) is 70.9 Å². The number of benzene rings is 2. The first-order valence-corrected chi connectivity index (χ1v) is 9.27. The molecule has 0 saturated carbocycles. The lowest BCUT2D eigenvalue weighted by molar-refractivity contribution is 0.103. The van der Waals surface area contributed by atoms with E-state index in [1.807, 2.05) is 43.3 Å². The molecule has 2 heterocycles. The SMILES string of the molecule is Cc1cc(C(=O)Nc2nc3ccc(F)cc3s2)sc1-c1ccccc1. The van der Waals surface area contributed by atoms with Crippen LogP contribution in [0, 0.1) is 12.7 Å². The zero-order valence-corrected chi connectivity index (χ0v) is 14.9. The second-order valence-corrected chi connectivity index (χ2v) is 7.66. The molecule has 0 bridgehead atoms. The molecule has 4 aromatic rings. The molecule has 0 spiro atoms. The zero-order valence-electron chi connectivity index (χ0n) is 13.2. The van der Waals surface area contributed by atoms with Crippen molar-refractivity contribution < 1.29 is 9.18 Å². The summed E-state index contributed by atoms with van der Waals surface area (Å²) in [7, 11) is 0. The van der Waals surface area contributed by atoms with Crippen molar-refractivity contribution >= 4 is 43.9 Å². The molecule has 3 nitrogen and oxygen atoms in total. The minimum atomic E-state index is -0.310. The zero-order chi connectivity index (χ0) is 17.4. The first-order chi connectivity index (χ1) is 12.1. The molecule has 4 rings (SSSR count). The molecular formula is C19H13FN2OS2. The van der Waals surface area contributed by atoms with Gasteiger partial charge in [0.05, 0.1) is 15.1 Å². The topological polar surface area (TPSA) is 42.0 Å². The van der Waals surface area contributed by atoms with Gasteiger partial charge >= 0.3 is 0 Å². The van der Waals surface area contributed by atoms with Gasteiger partial charge in [-0.3, -0.25) is 10.1 Å². The van der Waals surface area contributed by atoms with Gasteiger partial charge in [-0.1, -0.05) is 41.7 Å².